The van der Waals surface area contributed by atoms with Gasteiger partial charge in [0.15, 0.2) is 0 Å². The third-order valence-electron chi connectivity index (χ3n) is 2.60. The number of hydrogen-bond acceptors (Lipinski definition) is 3. The zero-order chi connectivity index (χ0) is 13.3. The van der Waals surface area contributed by atoms with Crippen LogP contribution in [0.4, 0.5) is 9.18 Å². The fourth-order valence-electron chi connectivity index (χ4n) is 1.70. The van der Waals surface area contributed by atoms with E-state index in [1.807, 2.05) is 0 Å². The Bertz CT molecular complexity index is 531. The number of imide groups is 1. The SMILES string of the molecule is NC(=S)c1cc(F)ccc1CN1C(=O)CNC1=O. The molecule has 2 rings (SSSR count). The van der Waals surface area contributed by atoms with Gasteiger partial charge in [-0.2, -0.15) is 0 Å². The standard InChI is InChI=1S/C11H10FN3O2S/c12-7-2-1-6(8(3-7)10(13)18)5-15-9(16)4-14-11(15)17/h1-3H,4-5H2,(H2,13,18)(H,14,17). The number of nitrogens with two attached hydrogens (primary N) is 1. The van der Waals surface area contributed by atoms with Crippen molar-refractivity contribution >= 4 is 29.1 Å². The maximum absolute atomic E-state index is 13.1. The Morgan fingerprint density at radius 3 is 2.78 bits per heavy atom. The summed E-state index contributed by atoms with van der Waals surface area (Å²) in [7, 11) is 0. The summed E-state index contributed by atoms with van der Waals surface area (Å²) >= 11 is 4.82. The Morgan fingerprint density at radius 1 is 1.50 bits per heavy atom. The summed E-state index contributed by atoms with van der Waals surface area (Å²) in [6, 6.07) is 3.41. The number of rotatable bonds is 3. The van der Waals surface area contributed by atoms with E-state index >= 15 is 0 Å². The molecule has 3 N–H and O–H groups in total. The number of hydrogen-bond donors (Lipinski definition) is 2. The van der Waals surface area contributed by atoms with Crippen LogP contribution in [0.1, 0.15) is 11.1 Å². The molecule has 1 fully saturated rings. The molecule has 0 unspecified atom stereocenters. The molecule has 7 heteroatoms. The summed E-state index contributed by atoms with van der Waals surface area (Å²) in [6.07, 6.45) is 0. The predicted octanol–water partition coefficient (Wildman–Crippen LogP) is 0.512. The van der Waals surface area contributed by atoms with Crippen LogP contribution in [0.15, 0.2) is 18.2 Å². The molecule has 1 heterocycles. The van der Waals surface area contributed by atoms with Crippen molar-refractivity contribution in [3.63, 3.8) is 0 Å². The summed E-state index contributed by atoms with van der Waals surface area (Å²) in [4.78, 5) is 23.9. The normalized spacial score (nSPS) is 14.8. The number of halogens is 1. The molecule has 18 heavy (non-hydrogen) atoms. The van der Waals surface area contributed by atoms with Gasteiger partial charge >= 0.3 is 6.03 Å². The number of urea groups is 1. The molecule has 3 amide bonds. The Morgan fingerprint density at radius 2 is 2.22 bits per heavy atom. The van der Waals surface area contributed by atoms with Crippen molar-refractivity contribution in [3.8, 4) is 0 Å². The van der Waals surface area contributed by atoms with Crippen LogP contribution in [0.3, 0.4) is 0 Å². The first-order chi connectivity index (χ1) is 8.49. The van der Waals surface area contributed by atoms with E-state index in [9.17, 15) is 14.0 Å². The van der Waals surface area contributed by atoms with Gasteiger partial charge in [-0.25, -0.2) is 9.18 Å². The van der Waals surface area contributed by atoms with Crippen molar-refractivity contribution in [2.24, 2.45) is 5.73 Å². The molecule has 1 aliphatic heterocycles. The monoisotopic (exact) mass is 267 g/mol. The Hall–Kier alpha value is -2.02. The van der Waals surface area contributed by atoms with E-state index in [2.05, 4.69) is 5.32 Å². The lowest BCUT2D eigenvalue weighted by molar-refractivity contribution is -0.125. The molecule has 5 nitrogen and oxygen atoms in total. The van der Waals surface area contributed by atoms with Crippen LogP contribution in [0, 0.1) is 5.82 Å². The highest BCUT2D eigenvalue weighted by atomic mass is 32.1. The molecule has 1 aromatic rings. The Kier molecular flexibility index (Phi) is 3.24. The second kappa shape index (κ2) is 4.69. The predicted molar refractivity (Wildman–Crippen MR) is 66.2 cm³/mol. The molecule has 0 aliphatic carbocycles. The maximum atomic E-state index is 13.1. The first-order valence-electron chi connectivity index (χ1n) is 5.15. The number of nitrogens with zero attached hydrogens (tertiary/aromatic N) is 1. The molecule has 0 radical (unpaired) electrons. The summed E-state index contributed by atoms with van der Waals surface area (Å²) in [5.74, 6) is -0.808. The number of carbonyl (C=O) groups is 2. The number of amides is 3. The van der Waals surface area contributed by atoms with Gasteiger partial charge in [-0.1, -0.05) is 18.3 Å². The summed E-state index contributed by atoms with van der Waals surface area (Å²) in [5, 5.41) is 2.40. The molecule has 0 spiro atoms. The minimum absolute atomic E-state index is 0.0246. The topological polar surface area (TPSA) is 75.4 Å². The lowest BCUT2D eigenvalue weighted by atomic mass is 10.1. The van der Waals surface area contributed by atoms with E-state index in [-0.39, 0.29) is 24.0 Å². The Labute approximate surface area is 108 Å². The van der Waals surface area contributed by atoms with Gasteiger partial charge in [0, 0.05) is 5.56 Å². The molecule has 1 aliphatic rings. The molecule has 0 saturated carbocycles. The van der Waals surface area contributed by atoms with E-state index in [1.54, 1.807) is 0 Å². The molecular formula is C11H10FN3O2S. The summed E-state index contributed by atoms with van der Waals surface area (Å²) in [6.45, 7) is 0.0000524. The molecule has 1 saturated heterocycles. The van der Waals surface area contributed by atoms with Gasteiger partial charge in [-0.3, -0.25) is 9.69 Å². The first-order valence-corrected chi connectivity index (χ1v) is 5.56. The van der Waals surface area contributed by atoms with E-state index in [0.29, 0.717) is 11.1 Å². The van der Waals surface area contributed by atoms with Gasteiger partial charge in [0.2, 0.25) is 5.91 Å². The van der Waals surface area contributed by atoms with Gasteiger partial charge in [0.25, 0.3) is 0 Å². The lowest BCUT2D eigenvalue weighted by Crippen LogP contribution is -2.31. The smallest absolute Gasteiger partial charge is 0.324 e. The van der Waals surface area contributed by atoms with Crippen LogP contribution < -0.4 is 11.1 Å². The highest BCUT2D eigenvalue weighted by Gasteiger charge is 2.29. The van der Waals surface area contributed by atoms with E-state index in [1.165, 1.54) is 18.2 Å². The minimum atomic E-state index is -0.474. The molecular weight excluding hydrogens is 257 g/mol. The lowest BCUT2D eigenvalue weighted by Gasteiger charge is -2.15. The van der Waals surface area contributed by atoms with Crippen LogP contribution in [-0.4, -0.2) is 28.4 Å². The fourth-order valence-corrected chi connectivity index (χ4v) is 1.89. The number of carbonyl (C=O) groups excluding carboxylic acids is 2. The van der Waals surface area contributed by atoms with Gasteiger partial charge in [-0.15, -0.1) is 0 Å². The minimum Gasteiger partial charge on any atom is -0.389 e. The van der Waals surface area contributed by atoms with E-state index in [0.717, 1.165) is 4.90 Å². The third-order valence-corrected chi connectivity index (χ3v) is 2.82. The van der Waals surface area contributed by atoms with E-state index < -0.39 is 11.8 Å². The number of thiocarbonyl (C=S) groups is 1. The molecule has 0 atom stereocenters. The van der Waals surface area contributed by atoms with Gasteiger partial charge < -0.3 is 11.1 Å². The van der Waals surface area contributed by atoms with Crippen LogP contribution in [0.5, 0.6) is 0 Å². The van der Waals surface area contributed by atoms with Crippen molar-refractivity contribution in [3.05, 3.63) is 35.1 Å². The van der Waals surface area contributed by atoms with Crippen molar-refractivity contribution in [2.75, 3.05) is 6.54 Å². The quantitative estimate of drug-likeness (QED) is 0.618. The van der Waals surface area contributed by atoms with Crippen LogP contribution in [0.25, 0.3) is 0 Å². The molecule has 0 bridgehead atoms. The largest absolute Gasteiger partial charge is 0.389 e. The highest BCUT2D eigenvalue weighted by Crippen LogP contribution is 2.15. The second-order valence-electron chi connectivity index (χ2n) is 3.80. The van der Waals surface area contributed by atoms with E-state index in [4.69, 9.17) is 18.0 Å². The van der Waals surface area contributed by atoms with Crippen molar-refractivity contribution in [2.45, 2.75) is 6.54 Å². The van der Waals surface area contributed by atoms with Gasteiger partial charge in [0.05, 0.1) is 13.1 Å². The van der Waals surface area contributed by atoms with Crippen LogP contribution >= 0.6 is 12.2 Å². The highest BCUT2D eigenvalue weighted by molar-refractivity contribution is 7.80. The second-order valence-corrected chi connectivity index (χ2v) is 4.24. The maximum Gasteiger partial charge on any atom is 0.324 e. The first kappa shape index (κ1) is 12.4. The average Bonchev–Trinajstić information content (AvgIpc) is 2.62. The molecule has 1 aromatic carbocycles. The van der Waals surface area contributed by atoms with Crippen molar-refractivity contribution in [1.82, 2.24) is 10.2 Å². The summed E-state index contributed by atoms with van der Waals surface area (Å²) < 4.78 is 13.1. The number of benzene rings is 1. The average molecular weight is 267 g/mol. The molecule has 94 valence electrons. The summed E-state index contributed by atoms with van der Waals surface area (Å²) in [5.41, 5.74) is 6.36. The zero-order valence-electron chi connectivity index (χ0n) is 9.27. The van der Waals surface area contributed by atoms with Crippen molar-refractivity contribution < 1.29 is 14.0 Å². The third kappa shape index (κ3) is 2.30. The molecule has 0 aromatic heterocycles. The zero-order valence-corrected chi connectivity index (χ0v) is 10.1. The van der Waals surface area contributed by atoms with Crippen LogP contribution in [-0.2, 0) is 11.3 Å². The van der Waals surface area contributed by atoms with Gasteiger partial charge in [-0.05, 0) is 17.7 Å². The Balaban J connectivity index is 2.31. The van der Waals surface area contributed by atoms with Crippen molar-refractivity contribution in [1.29, 1.82) is 0 Å². The van der Waals surface area contributed by atoms with Gasteiger partial charge in [0.1, 0.15) is 10.8 Å². The van der Waals surface area contributed by atoms with Crippen LogP contribution in [0.2, 0.25) is 0 Å². The fraction of sp³-hybridized carbons (Fsp3) is 0.182. The number of nitrogens with one attached hydrogen (secondary N) is 1.